The van der Waals surface area contributed by atoms with Crippen molar-refractivity contribution in [1.82, 2.24) is 0 Å². The van der Waals surface area contributed by atoms with Gasteiger partial charge in [0, 0.05) is 0 Å². The fourth-order valence-electron chi connectivity index (χ4n) is 0.694. The van der Waals surface area contributed by atoms with Crippen molar-refractivity contribution < 1.29 is 19.1 Å². The highest BCUT2D eigenvalue weighted by Crippen LogP contribution is 1.90. The molecule has 0 heterocycles. The molecular weight excluding hydrogens is 172 g/mol. The first-order valence-corrected chi connectivity index (χ1v) is 4.29. The van der Waals surface area contributed by atoms with Crippen LogP contribution in [0.15, 0.2) is 0 Å². The number of esters is 1. The molecule has 0 N–H and O–H groups in total. The van der Waals surface area contributed by atoms with E-state index in [1.165, 1.54) is 6.92 Å². The molecule has 4 nitrogen and oxygen atoms in total. The molecule has 0 aromatic carbocycles. The first-order valence-electron chi connectivity index (χ1n) is 4.29. The van der Waals surface area contributed by atoms with E-state index >= 15 is 0 Å². The molecule has 0 aliphatic heterocycles. The summed E-state index contributed by atoms with van der Waals surface area (Å²) in [6, 6.07) is 0. The van der Waals surface area contributed by atoms with Gasteiger partial charge in [-0.2, -0.15) is 0 Å². The first kappa shape index (κ1) is 12.1. The van der Waals surface area contributed by atoms with Gasteiger partial charge in [-0.3, -0.25) is 9.59 Å². The molecule has 0 saturated carbocycles. The van der Waals surface area contributed by atoms with Gasteiger partial charge in [0.15, 0.2) is 0 Å². The van der Waals surface area contributed by atoms with Crippen molar-refractivity contribution in [3.8, 4) is 0 Å². The summed E-state index contributed by atoms with van der Waals surface area (Å²) in [6.07, 6.45) is -0.0201. The third kappa shape index (κ3) is 9.01. The SMILES string of the molecule is CC(=O)CC(=O)OCCOC(C)C. The van der Waals surface area contributed by atoms with E-state index in [2.05, 4.69) is 0 Å². The number of carbonyl (C=O) groups excluding carboxylic acids is 2. The molecule has 0 spiro atoms. The predicted molar refractivity (Wildman–Crippen MR) is 47.3 cm³/mol. The molecule has 0 bridgehead atoms. The lowest BCUT2D eigenvalue weighted by molar-refractivity contribution is -0.147. The van der Waals surface area contributed by atoms with Crippen LogP contribution >= 0.6 is 0 Å². The Morgan fingerprint density at radius 2 is 1.85 bits per heavy atom. The maximum Gasteiger partial charge on any atom is 0.313 e. The summed E-state index contributed by atoms with van der Waals surface area (Å²) in [5.74, 6) is -0.672. The standard InChI is InChI=1S/C9H16O4/c1-7(2)12-4-5-13-9(11)6-8(3)10/h7H,4-6H2,1-3H3. The highest BCUT2D eigenvalue weighted by Gasteiger charge is 2.05. The number of ketones is 1. The monoisotopic (exact) mass is 188 g/mol. The Kier molecular flexibility index (Phi) is 6.14. The number of hydrogen-bond donors (Lipinski definition) is 0. The number of hydrogen-bond acceptors (Lipinski definition) is 4. The topological polar surface area (TPSA) is 52.6 Å². The largest absolute Gasteiger partial charge is 0.463 e. The second-order valence-electron chi connectivity index (χ2n) is 3.02. The average molecular weight is 188 g/mol. The molecule has 0 saturated heterocycles. The van der Waals surface area contributed by atoms with Crippen LogP contribution in [0.2, 0.25) is 0 Å². The quantitative estimate of drug-likeness (QED) is 0.353. The Balaban J connectivity index is 3.32. The molecule has 76 valence electrons. The number of ether oxygens (including phenoxy) is 2. The molecule has 0 aliphatic carbocycles. The summed E-state index contributed by atoms with van der Waals surface area (Å²) in [6.45, 7) is 5.74. The predicted octanol–water partition coefficient (Wildman–Crippen LogP) is 0.934. The summed E-state index contributed by atoms with van der Waals surface area (Å²) in [5.41, 5.74) is 0. The zero-order chi connectivity index (χ0) is 10.3. The van der Waals surface area contributed by atoms with Crippen LogP contribution in [-0.2, 0) is 19.1 Å². The lowest BCUT2D eigenvalue weighted by atomic mass is 10.3. The number of carbonyl (C=O) groups is 2. The molecule has 0 rings (SSSR count). The van der Waals surface area contributed by atoms with Crippen molar-refractivity contribution in [2.45, 2.75) is 33.3 Å². The molecule has 0 radical (unpaired) electrons. The van der Waals surface area contributed by atoms with Gasteiger partial charge in [-0.15, -0.1) is 0 Å². The van der Waals surface area contributed by atoms with Gasteiger partial charge in [0.05, 0.1) is 12.7 Å². The highest BCUT2D eigenvalue weighted by atomic mass is 16.6. The van der Waals surface area contributed by atoms with Gasteiger partial charge < -0.3 is 9.47 Å². The van der Waals surface area contributed by atoms with Gasteiger partial charge in [-0.1, -0.05) is 0 Å². The molecule has 13 heavy (non-hydrogen) atoms. The van der Waals surface area contributed by atoms with Crippen molar-refractivity contribution in [3.05, 3.63) is 0 Å². The Morgan fingerprint density at radius 1 is 1.23 bits per heavy atom. The molecule has 4 heteroatoms. The third-order valence-electron chi connectivity index (χ3n) is 1.19. The van der Waals surface area contributed by atoms with E-state index in [0.717, 1.165) is 0 Å². The summed E-state index contributed by atoms with van der Waals surface area (Å²) in [4.78, 5) is 21.3. The van der Waals surface area contributed by atoms with E-state index in [-0.39, 0.29) is 24.9 Å². The van der Waals surface area contributed by atoms with Crippen LogP contribution in [-0.4, -0.2) is 31.1 Å². The van der Waals surface area contributed by atoms with Crippen molar-refractivity contribution in [2.24, 2.45) is 0 Å². The maximum absolute atomic E-state index is 10.8. The van der Waals surface area contributed by atoms with Crippen LogP contribution < -0.4 is 0 Å². The second-order valence-corrected chi connectivity index (χ2v) is 3.02. The smallest absolute Gasteiger partial charge is 0.313 e. The maximum atomic E-state index is 10.8. The first-order chi connectivity index (χ1) is 6.02. The van der Waals surface area contributed by atoms with E-state index in [1.807, 2.05) is 13.8 Å². The van der Waals surface area contributed by atoms with Crippen LogP contribution in [0.4, 0.5) is 0 Å². The van der Waals surface area contributed by atoms with Gasteiger partial charge in [-0.25, -0.2) is 0 Å². The highest BCUT2D eigenvalue weighted by molar-refractivity contribution is 5.94. The molecule has 0 fully saturated rings. The van der Waals surface area contributed by atoms with Crippen LogP contribution in [0.5, 0.6) is 0 Å². The van der Waals surface area contributed by atoms with Crippen molar-refractivity contribution >= 4 is 11.8 Å². The molecule has 0 aromatic heterocycles. The molecule has 0 aliphatic rings. The van der Waals surface area contributed by atoms with Gasteiger partial charge >= 0.3 is 5.97 Å². The van der Waals surface area contributed by atoms with E-state index in [0.29, 0.717) is 6.61 Å². The Bertz CT molecular complexity index is 174. The second kappa shape index (κ2) is 6.60. The summed E-state index contributed by atoms with van der Waals surface area (Å²) in [7, 11) is 0. The fourth-order valence-corrected chi connectivity index (χ4v) is 0.694. The number of Topliss-reactive ketones (excluding diaryl/α,β-unsaturated/α-hetero) is 1. The van der Waals surface area contributed by atoms with E-state index < -0.39 is 5.97 Å². The minimum Gasteiger partial charge on any atom is -0.463 e. The van der Waals surface area contributed by atoms with Crippen LogP contribution in [0, 0.1) is 0 Å². The zero-order valence-corrected chi connectivity index (χ0v) is 8.33. The summed E-state index contributed by atoms with van der Waals surface area (Å²) < 4.78 is 9.85. The van der Waals surface area contributed by atoms with Gasteiger partial charge in [0.1, 0.15) is 18.8 Å². The lowest BCUT2D eigenvalue weighted by Gasteiger charge is -2.07. The van der Waals surface area contributed by atoms with Crippen LogP contribution in [0.25, 0.3) is 0 Å². The molecular formula is C9H16O4. The molecule has 0 atom stereocenters. The lowest BCUT2D eigenvalue weighted by Crippen LogP contribution is -2.15. The van der Waals surface area contributed by atoms with E-state index in [1.54, 1.807) is 0 Å². The minimum atomic E-state index is -0.486. The Morgan fingerprint density at radius 3 is 2.31 bits per heavy atom. The summed E-state index contributed by atoms with van der Waals surface area (Å²) in [5, 5.41) is 0. The summed E-state index contributed by atoms with van der Waals surface area (Å²) >= 11 is 0. The van der Waals surface area contributed by atoms with Gasteiger partial charge in [-0.05, 0) is 20.8 Å². The molecule has 0 amide bonds. The van der Waals surface area contributed by atoms with E-state index in [4.69, 9.17) is 9.47 Å². The third-order valence-corrected chi connectivity index (χ3v) is 1.19. The minimum absolute atomic E-state index is 0.131. The van der Waals surface area contributed by atoms with Crippen LogP contribution in [0.1, 0.15) is 27.2 Å². The number of rotatable bonds is 6. The average Bonchev–Trinajstić information content (AvgIpc) is 1.96. The van der Waals surface area contributed by atoms with Crippen molar-refractivity contribution in [1.29, 1.82) is 0 Å². The molecule has 0 aromatic rings. The molecule has 0 unspecified atom stereocenters. The Labute approximate surface area is 78.2 Å². The van der Waals surface area contributed by atoms with E-state index in [9.17, 15) is 9.59 Å². The van der Waals surface area contributed by atoms with Crippen molar-refractivity contribution in [3.63, 3.8) is 0 Å². The van der Waals surface area contributed by atoms with Gasteiger partial charge in [0.25, 0.3) is 0 Å². The normalized spacial score (nSPS) is 10.2. The van der Waals surface area contributed by atoms with Crippen molar-refractivity contribution in [2.75, 3.05) is 13.2 Å². The zero-order valence-electron chi connectivity index (χ0n) is 8.33. The van der Waals surface area contributed by atoms with Crippen LogP contribution in [0.3, 0.4) is 0 Å². The van der Waals surface area contributed by atoms with Gasteiger partial charge in [0.2, 0.25) is 0 Å². The fraction of sp³-hybridized carbons (Fsp3) is 0.778. The Hall–Kier alpha value is -0.900.